The highest BCUT2D eigenvalue weighted by molar-refractivity contribution is 7.54. The molecule has 0 bridgehead atoms. The Bertz CT molecular complexity index is 246. The van der Waals surface area contributed by atoms with Gasteiger partial charge in [-0.1, -0.05) is 33.0 Å². The van der Waals surface area contributed by atoms with Crippen molar-refractivity contribution in [2.24, 2.45) is 0 Å². The maximum Gasteiger partial charge on any atom is 0.346 e. The van der Waals surface area contributed by atoms with E-state index in [9.17, 15) is 4.57 Å². The Morgan fingerprint density at radius 1 is 1.12 bits per heavy atom. The molecule has 0 spiro atoms. The molecule has 4 nitrogen and oxygen atoms in total. The highest BCUT2D eigenvalue weighted by Crippen LogP contribution is 2.53. The van der Waals surface area contributed by atoms with E-state index in [0.717, 1.165) is 12.8 Å². The van der Waals surface area contributed by atoms with Crippen molar-refractivity contribution in [3.8, 4) is 0 Å². The van der Waals surface area contributed by atoms with Gasteiger partial charge in [0.2, 0.25) is 0 Å². The minimum absolute atomic E-state index is 0.168. The second kappa shape index (κ2) is 7.69. The van der Waals surface area contributed by atoms with E-state index in [1.54, 1.807) is 0 Å². The van der Waals surface area contributed by atoms with Crippen LogP contribution in [0, 0.1) is 0 Å². The Labute approximate surface area is 107 Å². The fourth-order valence-corrected chi connectivity index (χ4v) is 6.33. The van der Waals surface area contributed by atoms with Crippen LogP contribution in [0.3, 0.4) is 0 Å². The van der Waals surface area contributed by atoms with Gasteiger partial charge >= 0.3 is 7.60 Å². The third kappa shape index (κ3) is 6.72. The van der Waals surface area contributed by atoms with E-state index in [1.165, 1.54) is 0 Å². The average molecular weight is 281 g/mol. The molecule has 1 unspecified atom stereocenters. The number of hydrogen-bond donors (Lipinski definition) is 1. The van der Waals surface area contributed by atoms with Gasteiger partial charge in [-0.3, -0.25) is 4.57 Å². The van der Waals surface area contributed by atoms with E-state index in [4.69, 9.17) is 9.05 Å². The van der Waals surface area contributed by atoms with Crippen molar-refractivity contribution >= 4 is 15.8 Å². The lowest BCUT2D eigenvalue weighted by Gasteiger charge is -2.32. The minimum atomic E-state index is -3.02. The topological polar surface area (TPSA) is 47.6 Å². The summed E-state index contributed by atoms with van der Waals surface area (Å²) in [5.41, 5.74) is 0. The van der Waals surface area contributed by atoms with Crippen LogP contribution in [0.1, 0.15) is 33.6 Å². The van der Waals surface area contributed by atoms with Crippen LogP contribution in [0.5, 0.6) is 0 Å². The van der Waals surface area contributed by atoms with Crippen molar-refractivity contribution in [2.75, 3.05) is 13.2 Å². The summed E-state index contributed by atoms with van der Waals surface area (Å²) in [6.07, 6.45) is 1.79. The van der Waals surface area contributed by atoms with E-state index >= 15 is 0 Å². The zero-order valence-corrected chi connectivity index (χ0v) is 14.0. The molecule has 0 aromatic carbocycles. The first-order valence-corrected chi connectivity index (χ1v) is 11.6. The fraction of sp³-hybridized carbons (Fsp3) is 1.00. The Hall–Kier alpha value is 0.327. The Kier molecular flexibility index (Phi) is 7.84. The van der Waals surface area contributed by atoms with E-state index in [-0.39, 0.29) is 5.78 Å². The number of hydrogen-bond acceptors (Lipinski definition) is 4. The van der Waals surface area contributed by atoms with Gasteiger partial charge in [0.1, 0.15) is 14.0 Å². The third-order valence-corrected chi connectivity index (χ3v) is 6.01. The van der Waals surface area contributed by atoms with E-state index < -0.39 is 15.8 Å². The summed E-state index contributed by atoms with van der Waals surface area (Å²) in [6, 6.07) is 0. The summed E-state index contributed by atoms with van der Waals surface area (Å²) in [7, 11) is -4.53. The highest BCUT2D eigenvalue weighted by atomic mass is 31.2. The Morgan fingerprint density at radius 3 is 1.88 bits per heavy atom. The third-order valence-electron chi connectivity index (χ3n) is 2.16. The summed E-state index contributed by atoms with van der Waals surface area (Å²) >= 11 is 0. The Morgan fingerprint density at radius 2 is 1.59 bits per heavy atom. The molecule has 0 fully saturated rings. The van der Waals surface area contributed by atoms with E-state index in [1.807, 2.05) is 13.8 Å². The molecule has 6 heteroatoms. The zero-order chi connectivity index (χ0) is 13.5. The molecule has 0 aromatic heterocycles. The van der Waals surface area contributed by atoms with Crippen LogP contribution in [0.4, 0.5) is 0 Å². The summed E-state index contributed by atoms with van der Waals surface area (Å²) < 4.78 is 23.5. The fourth-order valence-electron chi connectivity index (χ4n) is 1.66. The highest BCUT2D eigenvalue weighted by Gasteiger charge is 2.37. The van der Waals surface area contributed by atoms with Crippen molar-refractivity contribution < 1.29 is 13.6 Å². The number of rotatable bonds is 9. The molecule has 0 aromatic rings. The second-order valence-corrected chi connectivity index (χ2v) is 12.1. The lowest BCUT2D eigenvalue weighted by atomic mass is 10.3. The van der Waals surface area contributed by atoms with Gasteiger partial charge in [0.25, 0.3) is 0 Å². The summed E-state index contributed by atoms with van der Waals surface area (Å²) in [6.45, 7) is 13.2. The van der Waals surface area contributed by atoms with Gasteiger partial charge < -0.3 is 14.0 Å². The van der Waals surface area contributed by atoms with Crippen LogP contribution >= 0.6 is 7.60 Å². The quantitative estimate of drug-likeness (QED) is 0.516. The largest absolute Gasteiger partial charge is 0.346 e. The van der Waals surface area contributed by atoms with Crippen LogP contribution in [0.25, 0.3) is 0 Å². The molecule has 0 saturated heterocycles. The van der Waals surface area contributed by atoms with Gasteiger partial charge in [0.15, 0.2) is 0 Å². The molecule has 0 radical (unpaired) electrons. The molecule has 0 heterocycles. The zero-order valence-electron chi connectivity index (χ0n) is 12.1. The molecule has 0 saturated carbocycles. The smallest absolute Gasteiger partial charge is 0.325 e. The predicted molar refractivity (Wildman–Crippen MR) is 76.0 cm³/mol. The van der Waals surface area contributed by atoms with Crippen LogP contribution in [-0.4, -0.2) is 27.2 Å². The van der Waals surface area contributed by atoms with Gasteiger partial charge in [-0.2, -0.15) is 0 Å². The van der Waals surface area contributed by atoms with Gasteiger partial charge in [0.05, 0.1) is 13.2 Å². The predicted octanol–water partition coefficient (Wildman–Crippen LogP) is 3.80. The van der Waals surface area contributed by atoms with Crippen molar-refractivity contribution in [1.29, 1.82) is 0 Å². The molecule has 0 aliphatic heterocycles. The Balaban J connectivity index is 4.88. The van der Waals surface area contributed by atoms with Gasteiger partial charge in [-0.15, -0.1) is 0 Å². The number of nitrogens with one attached hydrogen (secondary N) is 1. The molecule has 17 heavy (non-hydrogen) atoms. The van der Waals surface area contributed by atoms with E-state index in [2.05, 4.69) is 31.5 Å². The molecule has 0 aliphatic carbocycles. The lowest BCUT2D eigenvalue weighted by Crippen LogP contribution is -2.48. The molecule has 1 atom stereocenters. The molecule has 0 amide bonds. The van der Waals surface area contributed by atoms with Crippen LogP contribution in [0.15, 0.2) is 0 Å². The molecule has 0 rings (SSSR count). The van der Waals surface area contributed by atoms with E-state index in [0.29, 0.717) is 13.2 Å². The SMILES string of the molecule is CCCC(N[Si](C)(C)C)P(=O)(OCC)OCC. The first-order valence-electron chi connectivity index (χ1n) is 6.45. The first kappa shape index (κ1) is 17.3. The van der Waals surface area contributed by atoms with Gasteiger partial charge in [-0.05, 0) is 20.3 Å². The first-order chi connectivity index (χ1) is 7.79. The summed E-state index contributed by atoms with van der Waals surface area (Å²) in [4.78, 5) is 3.49. The van der Waals surface area contributed by atoms with Crippen molar-refractivity contribution in [1.82, 2.24) is 4.98 Å². The van der Waals surface area contributed by atoms with Crippen molar-refractivity contribution in [3.63, 3.8) is 0 Å². The average Bonchev–Trinajstić information content (AvgIpc) is 2.16. The maximum absolute atomic E-state index is 12.7. The van der Waals surface area contributed by atoms with Gasteiger partial charge in [0, 0.05) is 0 Å². The van der Waals surface area contributed by atoms with Gasteiger partial charge in [-0.25, -0.2) is 0 Å². The second-order valence-electron chi connectivity index (χ2n) is 5.07. The van der Waals surface area contributed by atoms with Crippen LogP contribution in [-0.2, 0) is 13.6 Å². The molecular formula is C11H28NO3PSi. The van der Waals surface area contributed by atoms with Crippen LogP contribution < -0.4 is 4.98 Å². The molecule has 104 valence electrons. The maximum atomic E-state index is 12.7. The monoisotopic (exact) mass is 281 g/mol. The minimum Gasteiger partial charge on any atom is -0.325 e. The van der Waals surface area contributed by atoms with Crippen molar-refractivity contribution in [3.05, 3.63) is 0 Å². The molecule has 0 aliphatic rings. The standard InChI is InChI=1S/C11H28NO3PSi/c1-7-10-11(12-17(4,5)6)16(13,14-8-2)15-9-3/h11-12H,7-10H2,1-6H3. The lowest BCUT2D eigenvalue weighted by molar-refractivity contribution is 0.208. The van der Waals surface area contributed by atoms with Crippen LogP contribution in [0.2, 0.25) is 19.6 Å². The summed E-state index contributed by atoms with van der Waals surface area (Å²) in [5.74, 6) is -0.168. The van der Waals surface area contributed by atoms with Crippen molar-refractivity contribution in [2.45, 2.75) is 59.0 Å². The molecular weight excluding hydrogens is 253 g/mol. The molecule has 1 N–H and O–H groups in total. The normalized spacial score (nSPS) is 14.9. The summed E-state index contributed by atoms with van der Waals surface area (Å²) in [5, 5.41) is 0.